The molecule has 2 saturated heterocycles. The SMILES string of the molecule is COc1cc(C(=O)N(C)[C@@H](C)C(=O)O[C@H]2CC(=O)N(C)c3cc(cc(OC)c3Cl)C/C(C)=C/C=C/[C@@H](OC)C3C[C@H](OC(=O)N3)[C@@H](C)[C@@H]3O[C@@]23C)ccc1N. The number of likely N-dealkylation sites (N-methyl/N-ethyl adjacent to an activating group) is 1. The number of alkyl carbamates (subject to hydrolysis) is 1. The van der Waals surface area contributed by atoms with Crippen molar-refractivity contribution in [2.75, 3.05) is 46.1 Å². The molecule has 4 bridgehead atoms. The number of carbonyl (C=O) groups excluding carboxylic acids is 4. The summed E-state index contributed by atoms with van der Waals surface area (Å²) in [5.41, 5.74) is 7.63. The van der Waals surface area contributed by atoms with Gasteiger partial charge in [-0.25, -0.2) is 9.59 Å². The molecule has 298 valence electrons. The molecule has 0 saturated carbocycles. The first-order chi connectivity index (χ1) is 26.0. The number of carbonyl (C=O) groups is 4. The highest BCUT2D eigenvalue weighted by Crippen LogP contribution is 2.49. The topological polar surface area (TPSA) is 171 Å². The van der Waals surface area contributed by atoms with Crippen LogP contribution in [0, 0.1) is 5.92 Å². The molecule has 2 aromatic carbocycles. The highest BCUT2D eigenvalue weighted by Gasteiger charge is 2.64. The first-order valence-corrected chi connectivity index (χ1v) is 18.5. The number of hydrogen-bond donors (Lipinski definition) is 2. The van der Waals surface area contributed by atoms with E-state index in [2.05, 4.69) is 5.32 Å². The lowest BCUT2D eigenvalue weighted by Gasteiger charge is -2.36. The Morgan fingerprint density at radius 2 is 1.84 bits per heavy atom. The summed E-state index contributed by atoms with van der Waals surface area (Å²) in [4.78, 5) is 57.1. The number of amides is 3. The lowest BCUT2D eigenvalue weighted by atomic mass is 9.84. The molecule has 15 heteroatoms. The normalized spacial score (nSPS) is 29.0. The number of fused-ring (bicyclic) bond motifs is 5. The van der Waals surface area contributed by atoms with Crippen molar-refractivity contribution in [2.24, 2.45) is 5.92 Å². The minimum atomic E-state index is -1.17. The van der Waals surface area contributed by atoms with Gasteiger partial charge >= 0.3 is 12.1 Å². The van der Waals surface area contributed by atoms with Crippen molar-refractivity contribution < 1.29 is 47.6 Å². The molecule has 5 rings (SSSR count). The van der Waals surface area contributed by atoms with Crippen LogP contribution < -0.4 is 25.4 Å². The smallest absolute Gasteiger partial charge is 0.407 e. The zero-order chi connectivity index (χ0) is 40.4. The molecule has 3 heterocycles. The number of esters is 1. The number of nitrogens with two attached hydrogens (primary N) is 1. The van der Waals surface area contributed by atoms with Crippen molar-refractivity contribution in [1.29, 1.82) is 0 Å². The number of hydrogen-bond acceptors (Lipinski definition) is 11. The third kappa shape index (κ3) is 8.87. The van der Waals surface area contributed by atoms with Crippen molar-refractivity contribution in [3.8, 4) is 11.5 Å². The van der Waals surface area contributed by atoms with Crippen LogP contribution in [-0.4, -0.2) is 106 Å². The van der Waals surface area contributed by atoms with Gasteiger partial charge in [0, 0.05) is 39.1 Å². The van der Waals surface area contributed by atoms with Gasteiger partial charge in [0.25, 0.3) is 5.91 Å². The van der Waals surface area contributed by atoms with Crippen LogP contribution >= 0.6 is 11.6 Å². The van der Waals surface area contributed by atoms with Crippen molar-refractivity contribution in [3.05, 3.63) is 70.3 Å². The molecule has 1 unspecified atom stereocenters. The summed E-state index contributed by atoms with van der Waals surface area (Å²) in [5, 5.41) is 3.11. The Labute approximate surface area is 326 Å². The maximum absolute atomic E-state index is 14.2. The van der Waals surface area contributed by atoms with Gasteiger partial charge in [0.2, 0.25) is 5.91 Å². The predicted octanol–water partition coefficient (Wildman–Crippen LogP) is 5.10. The molecule has 3 amide bonds. The zero-order valence-electron chi connectivity index (χ0n) is 32.7. The lowest BCUT2D eigenvalue weighted by molar-refractivity contribution is -0.158. The van der Waals surface area contributed by atoms with Crippen molar-refractivity contribution in [1.82, 2.24) is 10.2 Å². The summed E-state index contributed by atoms with van der Waals surface area (Å²) in [7, 11) is 7.59. The average Bonchev–Trinajstić information content (AvgIpc) is 3.86. The minimum Gasteiger partial charge on any atom is -0.495 e. The molecule has 2 fully saturated rings. The van der Waals surface area contributed by atoms with E-state index in [1.165, 1.54) is 50.1 Å². The van der Waals surface area contributed by atoms with Crippen LogP contribution in [-0.2, 0) is 35.0 Å². The van der Waals surface area contributed by atoms with Gasteiger partial charge < -0.3 is 49.3 Å². The van der Waals surface area contributed by atoms with E-state index in [4.69, 9.17) is 45.8 Å². The van der Waals surface area contributed by atoms with E-state index < -0.39 is 66.0 Å². The van der Waals surface area contributed by atoms with Gasteiger partial charge in [-0.2, -0.15) is 0 Å². The summed E-state index contributed by atoms with van der Waals surface area (Å²) in [6.07, 6.45) is 3.02. The van der Waals surface area contributed by atoms with Gasteiger partial charge in [0.15, 0.2) is 0 Å². The zero-order valence-corrected chi connectivity index (χ0v) is 33.5. The van der Waals surface area contributed by atoms with Gasteiger partial charge in [0.05, 0.1) is 50.3 Å². The molecule has 0 aromatic heterocycles. The summed E-state index contributed by atoms with van der Waals surface area (Å²) >= 11 is 6.78. The van der Waals surface area contributed by atoms with Gasteiger partial charge in [-0.1, -0.05) is 42.3 Å². The molecule has 8 atom stereocenters. The van der Waals surface area contributed by atoms with E-state index in [1.54, 1.807) is 27.1 Å². The maximum Gasteiger partial charge on any atom is 0.407 e. The van der Waals surface area contributed by atoms with Crippen molar-refractivity contribution in [3.63, 3.8) is 0 Å². The first kappa shape index (κ1) is 41.4. The minimum absolute atomic E-state index is 0.237. The second kappa shape index (κ2) is 16.9. The van der Waals surface area contributed by atoms with E-state index in [-0.39, 0.29) is 22.9 Å². The number of ether oxygens (including phenoxy) is 6. The van der Waals surface area contributed by atoms with E-state index in [0.717, 1.165) is 11.1 Å². The fourth-order valence-corrected chi connectivity index (χ4v) is 7.49. The van der Waals surface area contributed by atoms with Crippen LogP contribution in [0.3, 0.4) is 0 Å². The predicted molar refractivity (Wildman–Crippen MR) is 207 cm³/mol. The van der Waals surface area contributed by atoms with Crippen molar-refractivity contribution in [2.45, 2.75) is 89.1 Å². The highest BCUT2D eigenvalue weighted by molar-refractivity contribution is 6.35. The Morgan fingerprint density at radius 3 is 2.51 bits per heavy atom. The van der Waals surface area contributed by atoms with Gasteiger partial charge in [-0.05, 0) is 63.1 Å². The van der Waals surface area contributed by atoms with E-state index in [9.17, 15) is 19.2 Å². The number of benzene rings is 2. The Hall–Kier alpha value is -4.79. The number of allylic oxidation sites excluding steroid dienone is 3. The molecule has 3 aliphatic heterocycles. The largest absolute Gasteiger partial charge is 0.495 e. The average molecular weight is 783 g/mol. The number of epoxide rings is 1. The summed E-state index contributed by atoms with van der Waals surface area (Å²) in [6, 6.07) is 6.74. The van der Waals surface area contributed by atoms with Gasteiger partial charge in [-0.3, -0.25) is 9.59 Å². The number of halogens is 1. The van der Waals surface area contributed by atoms with Crippen molar-refractivity contribution >= 4 is 46.9 Å². The summed E-state index contributed by atoms with van der Waals surface area (Å²) < 4.78 is 34.9. The van der Waals surface area contributed by atoms with Crippen LogP contribution in [0.5, 0.6) is 11.5 Å². The quantitative estimate of drug-likeness (QED) is 0.218. The first-order valence-electron chi connectivity index (χ1n) is 18.1. The van der Waals surface area contributed by atoms with Crippen LogP contribution in [0.1, 0.15) is 56.5 Å². The Bertz CT molecular complexity index is 1870. The van der Waals surface area contributed by atoms with Crippen LogP contribution in [0.15, 0.2) is 54.1 Å². The van der Waals surface area contributed by atoms with Gasteiger partial charge in [-0.15, -0.1) is 0 Å². The van der Waals surface area contributed by atoms with Crippen LogP contribution in [0.2, 0.25) is 5.02 Å². The second-order valence-electron chi connectivity index (χ2n) is 14.5. The number of nitrogen functional groups attached to an aromatic ring is 1. The number of methoxy groups -OCH3 is 3. The van der Waals surface area contributed by atoms with E-state index in [1.807, 2.05) is 44.2 Å². The van der Waals surface area contributed by atoms with Crippen LogP contribution in [0.4, 0.5) is 16.2 Å². The fourth-order valence-electron chi connectivity index (χ4n) is 7.17. The van der Waals surface area contributed by atoms with E-state index >= 15 is 0 Å². The number of anilines is 2. The third-order valence-electron chi connectivity index (χ3n) is 10.8. The Kier molecular flexibility index (Phi) is 12.7. The van der Waals surface area contributed by atoms with Crippen LogP contribution in [0.25, 0.3) is 0 Å². The molecule has 3 aliphatic rings. The second-order valence-corrected chi connectivity index (χ2v) is 14.9. The summed E-state index contributed by atoms with van der Waals surface area (Å²) in [6.45, 7) is 7.16. The number of rotatable bonds is 7. The molecule has 0 aliphatic carbocycles. The third-order valence-corrected chi connectivity index (χ3v) is 11.2. The molecule has 3 N–H and O–H groups in total. The Balaban J connectivity index is 1.50. The molecule has 0 spiro atoms. The lowest BCUT2D eigenvalue weighted by Crippen LogP contribution is -2.53. The standard InChI is InChI=1S/C40H51ClN4O10/c1-21-11-10-12-29(50-7)27-19-30(53-39(49)43-27)22(2)36-40(4,55-36)33(20-34(46)45(6)28-16-24(15-21)17-32(52-9)35(28)41)54-38(48)23(3)44(5)37(47)25-13-14-26(42)31(18-25)51-8/h10-14,16-18,22-23,27,29-30,33,36H,15,19-20,42H2,1-9H3,(H,43,49)/b12-10+,21-11+/t22-,23+,27?,29-,30+,33+,36+,40+/m1/s1. The molecule has 0 radical (unpaired) electrons. The molecular weight excluding hydrogens is 732 g/mol. The number of nitrogens with one attached hydrogen (secondary N) is 1. The molecular formula is C40H51ClN4O10. The molecule has 14 nitrogen and oxygen atoms in total. The molecule has 2 aromatic rings. The monoisotopic (exact) mass is 782 g/mol. The number of nitrogens with zero attached hydrogens (tertiary/aromatic N) is 2. The molecule has 55 heavy (non-hydrogen) atoms. The van der Waals surface area contributed by atoms with Gasteiger partial charge in [0.1, 0.15) is 40.4 Å². The fraction of sp³-hybridized carbons (Fsp3) is 0.500. The maximum atomic E-state index is 14.2. The van der Waals surface area contributed by atoms with E-state index in [0.29, 0.717) is 35.7 Å². The summed E-state index contributed by atoms with van der Waals surface area (Å²) in [5.74, 6) is -1.32. The highest BCUT2D eigenvalue weighted by atomic mass is 35.5. The Morgan fingerprint density at radius 1 is 1.13 bits per heavy atom.